The second-order valence-corrected chi connectivity index (χ2v) is 8.97. The fourth-order valence-corrected chi connectivity index (χ4v) is 4.18. The van der Waals surface area contributed by atoms with Gasteiger partial charge in [0.1, 0.15) is 6.04 Å². The van der Waals surface area contributed by atoms with Gasteiger partial charge in [0.25, 0.3) is 5.91 Å². The van der Waals surface area contributed by atoms with Crippen LogP contribution < -0.4 is 10.6 Å². The van der Waals surface area contributed by atoms with E-state index in [0.717, 1.165) is 5.75 Å². The predicted molar refractivity (Wildman–Crippen MR) is 108 cm³/mol. The molecule has 7 heteroatoms. The minimum Gasteiger partial charge on any atom is -0.351 e. The first-order valence-electron chi connectivity index (χ1n) is 9.05. The Balaban J connectivity index is 1.66. The number of amides is 2. The molecule has 0 aromatic heterocycles. The molecule has 1 aromatic rings. The fourth-order valence-electron chi connectivity index (χ4n) is 3.21. The van der Waals surface area contributed by atoms with Gasteiger partial charge in [-0.05, 0) is 74.1 Å². The highest BCUT2D eigenvalue weighted by Gasteiger charge is 2.42. The second kappa shape index (κ2) is 8.85. The minimum absolute atomic E-state index is 0.0821. The number of benzene rings is 1. The monoisotopic (exact) mass is 414 g/mol. The number of carbonyl (C=O) groups is 2. The molecule has 142 valence electrons. The standard InChI is InChI=1S/C19H24Cl2N2O2S/c1-26-9-8-16(19(25)23-17(11-2-3-11)12-4-5-12)22-18(24)14-7-6-13(20)10-15(14)21/h6-7,10-12,16-17H,2-5,8-9H2,1H3,(H,22,24)(H,23,25). The molecule has 2 aliphatic carbocycles. The van der Waals surface area contributed by atoms with Crippen LogP contribution in [0, 0.1) is 11.8 Å². The summed E-state index contributed by atoms with van der Waals surface area (Å²) in [6, 6.07) is 4.46. The first kappa shape index (κ1) is 19.8. The predicted octanol–water partition coefficient (Wildman–Crippen LogP) is 4.15. The molecule has 1 unspecified atom stereocenters. The van der Waals surface area contributed by atoms with Crippen LogP contribution in [-0.4, -0.2) is 35.9 Å². The number of halogens is 2. The van der Waals surface area contributed by atoms with Crippen LogP contribution in [-0.2, 0) is 4.79 Å². The quantitative estimate of drug-likeness (QED) is 0.637. The lowest BCUT2D eigenvalue weighted by Gasteiger charge is -2.23. The van der Waals surface area contributed by atoms with Crippen molar-refractivity contribution >= 4 is 46.8 Å². The van der Waals surface area contributed by atoms with Gasteiger partial charge in [0.05, 0.1) is 10.6 Å². The summed E-state index contributed by atoms with van der Waals surface area (Å²) in [5.41, 5.74) is 0.332. The van der Waals surface area contributed by atoms with E-state index in [9.17, 15) is 9.59 Å². The molecule has 1 aromatic carbocycles. The van der Waals surface area contributed by atoms with E-state index in [1.54, 1.807) is 23.9 Å². The van der Waals surface area contributed by atoms with Gasteiger partial charge < -0.3 is 10.6 Å². The molecule has 2 N–H and O–H groups in total. The molecule has 4 nitrogen and oxygen atoms in total. The lowest BCUT2D eigenvalue weighted by atomic mass is 10.1. The van der Waals surface area contributed by atoms with E-state index in [0.29, 0.717) is 28.8 Å². The summed E-state index contributed by atoms with van der Waals surface area (Å²) >= 11 is 13.7. The number of thioether (sulfide) groups is 1. The zero-order chi connectivity index (χ0) is 18.7. The Morgan fingerprint density at radius 2 is 1.81 bits per heavy atom. The van der Waals surface area contributed by atoms with Gasteiger partial charge >= 0.3 is 0 Å². The Morgan fingerprint density at radius 1 is 1.15 bits per heavy atom. The molecule has 0 aliphatic heterocycles. The van der Waals surface area contributed by atoms with Crippen LogP contribution in [0.2, 0.25) is 10.0 Å². The maximum absolute atomic E-state index is 12.8. The Morgan fingerprint density at radius 3 is 2.35 bits per heavy atom. The third-order valence-electron chi connectivity index (χ3n) is 4.98. The van der Waals surface area contributed by atoms with Crippen molar-refractivity contribution in [2.45, 2.75) is 44.2 Å². The number of hydrogen-bond donors (Lipinski definition) is 2. The van der Waals surface area contributed by atoms with Crippen LogP contribution in [0.25, 0.3) is 0 Å². The van der Waals surface area contributed by atoms with Gasteiger partial charge in [0, 0.05) is 11.1 Å². The highest BCUT2D eigenvalue weighted by atomic mass is 35.5. The Hall–Kier alpha value is -0.910. The number of carbonyl (C=O) groups excluding carboxylic acids is 2. The molecule has 3 rings (SSSR count). The van der Waals surface area contributed by atoms with Crippen molar-refractivity contribution in [2.24, 2.45) is 11.8 Å². The van der Waals surface area contributed by atoms with Crippen molar-refractivity contribution < 1.29 is 9.59 Å². The van der Waals surface area contributed by atoms with E-state index in [-0.39, 0.29) is 22.9 Å². The van der Waals surface area contributed by atoms with Gasteiger partial charge in [-0.3, -0.25) is 9.59 Å². The van der Waals surface area contributed by atoms with Crippen molar-refractivity contribution in [2.75, 3.05) is 12.0 Å². The lowest BCUT2D eigenvalue weighted by molar-refractivity contribution is -0.124. The average molecular weight is 415 g/mol. The van der Waals surface area contributed by atoms with Gasteiger partial charge in [-0.25, -0.2) is 0 Å². The first-order valence-corrected chi connectivity index (χ1v) is 11.2. The summed E-state index contributed by atoms with van der Waals surface area (Å²) in [7, 11) is 0. The normalized spacial score (nSPS) is 17.8. The van der Waals surface area contributed by atoms with Crippen LogP contribution in [0.5, 0.6) is 0 Å². The molecule has 0 saturated heterocycles. The maximum atomic E-state index is 12.8. The molecule has 0 radical (unpaired) electrons. The lowest BCUT2D eigenvalue weighted by Crippen LogP contribution is -2.51. The van der Waals surface area contributed by atoms with Gasteiger partial charge in [-0.1, -0.05) is 23.2 Å². The smallest absolute Gasteiger partial charge is 0.253 e. The van der Waals surface area contributed by atoms with Gasteiger partial charge in [0.2, 0.25) is 5.91 Å². The van der Waals surface area contributed by atoms with E-state index in [1.165, 1.54) is 31.7 Å². The molecule has 2 saturated carbocycles. The number of rotatable bonds is 9. The van der Waals surface area contributed by atoms with E-state index in [4.69, 9.17) is 23.2 Å². The Bertz CT molecular complexity index is 666. The van der Waals surface area contributed by atoms with E-state index < -0.39 is 6.04 Å². The van der Waals surface area contributed by atoms with Gasteiger partial charge in [-0.2, -0.15) is 11.8 Å². The molecule has 0 bridgehead atoms. The largest absolute Gasteiger partial charge is 0.351 e. The van der Waals surface area contributed by atoms with Gasteiger partial charge in [-0.15, -0.1) is 0 Å². The first-order chi connectivity index (χ1) is 12.5. The summed E-state index contributed by atoms with van der Waals surface area (Å²) in [6.07, 6.45) is 7.37. The number of nitrogens with one attached hydrogen (secondary N) is 2. The van der Waals surface area contributed by atoms with Gasteiger partial charge in [0.15, 0.2) is 0 Å². The molecule has 1 atom stereocenters. The molecule has 2 fully saturated rings. The summed E-state index contributed by atoms with van der Waals surface area (Å²) in [5.74, 6) is 1.61. The SMILES string of the molecule is CSCCC(NC(=O)c1ccc(Cl)cc1Cl)C(=O)NC(C1CC1)C1CC1. The van der Waals surface area contributed by atoms with Crippen LogP contribution in [0.4, 0.5) is 0 Å². The van der Waals surface area contributed by atoms with Crippen LogP contribution in [0.3, 0.4) is 0 Å². The van der Waals surface area contributed by atoms with Crippen LogP contribution >= 0.6 is 35.0 Å². The summed E-state index contributed by atoms with van der Waals surface area (Å²) in [6.45, 7) is 0. The third kappa shape index (κ3) is 5.30. The highest BCUT2D eigenvalue weighted by molar-refractivity contribution is 7.98. The molecular weight excluding hydrogens is 391 g/mol. The van der Waals surface area contributed by atoms with Crippen molar-refractivity contribution in [3.05, 3.63) is 33.8 Å². The summed E-state index contributed by atoms with van der Waals surface area (Å²) in [5, 5.41) is 6.83. The minimum atomic E-state index is -0.554. The van der Waals surface area contributed by atoms with Crippen molar-refractivity contribution in [1.82, 2.24) is 10.6 Å². The van der Waals surface area contributed by atoms with E-state index in [1.807, 2.05) is 6.26 Å². The topological polar surface area (TPSA) is 58.2 Å². The third-order valence-corrected chi connectivity index (χ3v) is 6.17. The molecular formula is C19H24Cl2N2O2S. The molecule has 26 heavy (non-hydrogen) atoms. The molecule has 2 amide bonds. The zero-order valence-corrected chi connectivity index (χ0v) is 17.1. The van der Waals surface area contributed by atoms with E-state index >= 15 is 0 Å². The van der Waals surface area contributed by atoms with Crippen molar-refractivity contribution in [1.29, 1.82) is 0 Å². The zero-order valence-electron chi connectivity index (χ0n) is 14.8. The Kier molecular flexibility index (Phi) is 6.76. The van der Waals surface area contributed by atoms with Crippen LogP contribution in [0.1, 0.15) is 42.5 Å². The molecule has 2 aliphatic rings. The number of hydrogen-bond acceptors (Lipinski definition) is 3. The second-order valence-electron chi connectivity index (χ2n) is 7.14. The maximum Gasteiger partial charge on any atom is 0.253 e. The van der Waals surface area contributed by atoms with Crippen molar-refractivity contribution in [3.63, 3.8) is 0 Å². The summed E-state index contributed by atoms with van der Waals surface area (Å²) in [4.78, 5) is 25.4. The fraction of sp³-hybridized carbons (Fsp3) is 0.579. The highest BCUT2D eigenvalue weighted by Crippen LogP contribution is 2.44. The molecule has 0 spiro atoms. The average Bonchev–Trinajstić information content (AvgIpc) is 3.48. The van der Waals surface area contributed by atoms with Crippen molar-refractivity contribution in [3.8, 4) is 0 Å². The summed E-state index contributed by atoms with van der Waals surface area (Å²) < 4.78 is 0. The Labute approximate surface area is 168 Å². The van der Waals surface area contributed by atoms with E-state index in [2.05, 4.69) is 10.6 Å². The van der Waals surface area contributed by atoms with Crippen LogP contribution in [0.15, 0.2) is 18.2 Å². The molecule has 0 heterocycles.